The summed E-state index contributed by atoms with van der Waals surface area (Å²) in [7, 11) is 0. The predicted molar refractivity (Wildman–Crippen MR) is 66.0 cm³/mol. The van der Waals surface area contributed by atoms with E-state index < -0.39 is 11.7 Å². The molecule has 4 nitrogen and oxygen atoms in total. The molecule has 19 heavy (non-hydrogen) atoms. The third-order valence-electron chi connectivity index (χ3n) is 3.29. The molecule has 0 bridgehead atoms. The lowest BCUT2D eigenvalue weighted by Crippen LogP contribution is -2.49. The number of alkyl halides is 3. The lowest BCUT2D eigenvalue weighted by Gasteiger charge is -2.36. The summed E-state index contributed by atoms with van der Waals surface area (Å²) < 4.78 is 37.2. The van der Waals surface area contributed by atoms with Crippen LogP contribution in [-0.4, -0.2) is 47.1 Å². The molecule has 1 fully saturated rings. The van der Waals surface area contributed by atoms with Crippen LogP contribution >= 0.6 is 0 Å². The molecule has 1 aromatic rings. The molecule has 0 radical (unpaired) electrons. The van der Waals surface area contributed by atoms with Crippen LogP contribution in [0.3, 0.4) is 0 Å². The third-order valence-corrected chi connectivity index (χ3v) is 3.29. The Bertz CT molecular complexity index is 408. The number of piperazine rings is 1. The average Bonchev–Trinajstić information content (AvgIpc) is 2.38. The number of rotatable bonds is 2. The molecular weight excluding hydrogens is 257 g/mol. The van der Waals surface area contributed by atoms with Crippen molar-refractivity contribution in [3.63, 3.8) is 0 Å². The van der Waals surface area contributed by atoms with Gasteiger partial charge in [0.1, 0.15) is 0 Å². The summed E-state index contributed by atoms with van der Waals surface area (Å²) in [6.45, 7) is 7.49. The number of nitrogens with zero attached hydrogens (tertiary/aromatic N) is 4. The van der Waals surface area contributed by atoms with E-state index in [9.17, 15) is 13.2 Å². The van der Waals surface area contributed by atoms with E-state index in [1.165, 1.54) is 0 Å². The van der Waals surface area contributed by atoms with Crippen LogP contribution in [0.4, 0.5) is 19.1 Å². The van der Waals surface area contributed by atoms with Crippen LogP contribution in [0, 0.1) is 0 Å². The van der Waals surface area contributed by atoms with Crippen LogP contribution < -0.4 is 4.90 Å². The molecule has 1 aliphatic heterocycles. The first-order chi connectivity index (χ1) is 8.88. The Morgan fingerprint density at radius 1 is 1.05 bits per heavy atom. The maximum atomic E-state index is 12.4. The van der Waals surface area contributed by atoms with Crippen molar-refractivity contribution < 1.29 is 13.2 Å². The van der Waals surface area contributed by atoms with Crippen LogP contribution in [-0.2, 0) is 6.18 Å². The normalized spacial score (nSPS) is 18.1. The Hall–Kier alpha value is -1.37. The molecular formula is C12H17F3N4. The van der Waals surface area contributed by atoms with Crippen molar-refractivity contribution in [1.29, 1.82) is 0 Å². The van der Waals surface area contributed by atoms with Gasteiger partial charge < -0.3 is 4.90 Å². The Morgan fingerprint density at radius 3 is 2.00 bits per heavy atom. The fourth-order valence-corrected chi connectivity index (χ4v) is 2.07. The van der Waals surface area contributed by atoms with Crippen molar-refractivity contribution in [2.24, 2.45) is 0 Å². The molecule has 0 N–H and O–H groups in total. The van der Waals surface area contributed by atoms with E-state index in [4.69, 9.17) is 0 Å². The lowest BCUT2D eigenvalue weighted by molar-refractivity contribution is -0.138. The number of hydrogen-bond donors (Lipinski definition) is 0. The van der Waals surface area contributed by atoms with Gasteiger partial charge in [0.05, 0.1) is 5.56 Å². The highest BCUT2D eigenvalue weighted by molar-refractivity contribution is 5.31. The number of halogens is 3. The molecule has 1 aromatic heterocycles. The molecule has 0 atom stereocenters. The molecule has 0 amide bonds. The van der Waals surface area contributed by atoms with Gasteiger partial charge in [-0.25, -0.2) is 9.97 Å². The summed E-state index contributed by atoms with van der Waals surface area (Å²) in [4.78, 5) is 11.9. The molecule has 7 heteroatoms. The second-order valence-corrected chi connectivity index (χ2v) is 4.89. The number of anilines is 1. The summed E-state index contributed by atoms with van der Waals surface area (Å²) in [5, 5.41) is 0. The lowest BCUT2D eigenvalue weighted by atomic mass is 10.2. The molecule has 1 aliphatic rings. The standard InChI is InChI=1S/C12H17F3N4/c1-9(2)18-3-5-19(6-4-18)11-16-7-10(8-17-11)12(13,14)15/h7-9H,3-6H2,1-2H3. The topological polar surface area (TPSA) is 32.3 Å². The van der Waals surface area contributed by atoms with Crippen molar-refractivity contribution in [2.75, 3.05) is 31.1 Å². The van der Waals surface area contributed by atoms with Crippen LogP contribution in [0.25, 0.3) is 0 Å². The largest absolute Gasteiger partial charge is 0.419 e. The van der Waals surface area contributed by atoms with Crippen molar-refractivity contribution in [2.45, 2.75) is 26.1 Å². The zero-order chi connectivity index (χ0) is 14.0. The van der Waals surface area contributed by atoms with E-state index in [1.807, 2.05) is 4.90 Å². The minimum atomic E-state index is -4.38. The van der Waals surface area contributed by atoms with Gasteiger partial charge in [-0.1, -0.05) is 0 Å². The first-order valence-corrected chi connectivity index (χ1v) is 6.26. The Kier molecular flexibility index (Phi) is 3.93. The van der Waals surface area contributed by atoms with Gasteiger partial charge in [0.25, 0.3) is 0 Å². The Morgan fingerprint density at radius 2 is 1.58 bits per heavy atom. The van der Waals surface area contributed by atoms with Gasteiger partial charge in [-0.2, -0.15) is 13.2 Å². The first kappa shape index (κ1) is 14.0. The molecule has 0 aliphatic carbocycles. The Balaban J connectivity index is 2.00. The Labute approximate surface area is 110 Å². The molecule has 2 rings (SSSR count). The zero-order valence-corrected chi connectivity index (χ0v) is 11.0. The minimum Gasteiger partial charge on any atom is -0.338 e. The van der Waals surface area contributed by atoms with Crippen LogP contribution in [0.15, 0.2) is 12.4 Å². The molecule has 0 spiro atoms. The van der Waals surface area contributed by atoms with E-state index in [0.29, 0.717) is 12.0 Å². The second kappa shape index (κ2) is 5.32. The molecule has 106 valence electrons. The monoisotopic (exact) mass is 274 g/mol. The molecule has 0 unspecified atom stereocenters. The van der Waals surface area contributed by atoms with Crippen LogP contribution in [0.2, 0.25) is 0 Å². The fourth-order valence-electron chi connectivity index (χ4n) is 2.07. The number of hydrogen-bond acceptors (Lipinski definition) is 4. The van der Waals surface area contributed by atoms with Gasteiger partial charge in [-0.3, -0.25) is 4.90 Å². The predicted octanol–water partition coefficient (Wildman–Crippen LogP) is 2.03. The van der Waals surface area contributed by atoms with Gasteiger partial charge in [0.2, 0.25) is 5.95 Å². The van der Waals surface area contributed by atoms with E-state index >= 15 is 0 Å². The second-order valence-electron chi connectivity index (χ2n) is 4.89. The molecule has 0 saturated carbocycles. The fraction of sp³-hybridized carbons (Fsp3) is 0.667. The quantitative estimate of drug-likeness (QED) is 0.826. The van der Waals surface area contributed by atoms with Crippen molar-refractivity contribution in [3.8, 4) is 0 Å². The first-order valence-electron chi connectivity index (χ1n) is 6.26. The highest BCUT2D eigenvalue weighted by Gasteiger charge is 2.31. The van der Waals surface area contributed by atoms with Gasteiger partial charge in [0, 0.05) is 44.6 Å². The summed E-state index contributed by atoms with van der Waals surface area (Å²) in [6, 6.07) is 0.482. The molecule has 1 saturated heterocycles. The summed E-state index contributed by atoms with van der Waals surface area (Å²) in [5.41, 5.74) is -0.808. The van der Waals surface area contributed by atoms with Crippen LogP contribution in [0.5, 0.6) is 0 Å². The van der Waals surface area contributed by atoms with E-state index in [-0.39, 0.29) is 0 Å². The molecule has 0 aromatic carbocycles. The van der Waals surface area contributed by atoms with Crippen molar-refractivity contribution in [3.05, 3.63) is 18.0 Å². The summed E-state index contributed by atoms with van der Waals surface area (Å²) >= 11 is 0. The maximum absolute atomic E-state index is 12.4. The highest BCUT2D eigenvalue weighted by Crippen LogP contribution is 2.28. The average molecular weight is 274 g/mol. The van der Waals surface area contributed by atoms with E-state index in [0.717, 1.165) is 38.6 Å². The van der Waals surface area contributed by atoms with Crippen molar-refractivity contribution >= 4 is 5.95 Å². The van der Waals surface area contributed by atoms with Gasteiger partial charge in [-0.15, -0.1) is 0 Å². The minimum absolute atomic E-state index is 0.372. The van der Waals surface area contributed by atoms with Crippen molar-refractivity contribution in [1.82, 2.24) is 14.9 Å². The van der Waals surface area contributed by atoms with Gasteiger partial charge >= 0.3 is 6.18 Å². The summed E-state index contributed by atoms with van der Waals surface area (Å²) in [5.74, 6) is 0.372. The SMILES string of the molecule is CC(C)N1CCN(c2ncc(C(F)(F)F)cn2)CC1. The van der Waals surface area contributed by atoms with Gasteiger partial charge in [0.15, 0.2) is 0 Å². The number of aromatic nitrogens is 2. The zero-order valence-electron chi connectivity index (χ0n) is 11.0. The van der Waals surface area contributed by atoms with Gasteiger partial charge in [-0.05, 0) is 13.8 Å². The third kappa shape index (κ3) is 3.34. The smallest absolute Gasteiger partial charge is 0.338 e. The molecule has 2 heterocycles. The van der Waals surface area contributed by atoms with Crippen LogP contribution in [0.1, 0.15) is 19.4 Å². The summed E-state index contributed by atoms with van der Waals surface area (Å²) in [6.07, 6.45) is -2.69. The van der Waals surface area contributed by atoms with E-state index in [1.54, 1.807) is 0 Å². The van der Waals surface area contributed by atoms with E-state index in [2.05, 4.69) is 28.7 Å². The maximum Gasteiger partial charge on any atom is 0.419 e. The highest BCUT2D eigenvalue weighted by atomic mass is 19.4.